The fraction of sp³-hybridized carbons (Fsp3) is 0.500. The van der Waals surface area contributed by atoms with Gasteiger partial charge in [0, 0.05) is 17.1 Å². The molecule has 1 atom stereocenters. The highest BCUT2D eigenvalue weighted by molar-refractivity contribution is 7.99. The van der Waals surface area contributed by atoms with Gasteiger partial charge in [0.05, 0.1) is 19.0 Å². The van der Waals surface area contributed by atoms with Crippen molar-refractivity contribution in [3.63, 3.8) is 0 Å². The fourth-order valence-corrected chi connectivity index (χ4v) is 4.38. The van der Waals surface area contributed by atoms with Gasteiger partial charge in [-0.05, 0) is 37.7 Å². The summed E-state index contributed by atoms with van der Waals surface area (Å²) < 4.78 is 11.5. The topological polar surface area (TPSA) is 61.3 Å². The molecule has 0 saturated carbocycles. The lowest BCUT2D eigenvalue weighted by atomic mass is 10.2. The van der Waals surface area contributed by atoms with E-state index in [0.717, 1.165) is 41.3 Å². The first kappa shape index (κ1) is 23.7. The zero-order chi connectivity index (χ0) is 20.9. The molecule has 2 rings (SSSR count). The van der Waals surface area contributed by atoms with Crippen LogP contribution in [-0.4, -0.2) is 45.9 Å². The molecule has 158 valence electrons. The number of unbranched alkanes of at least 4 members (excludes halogenated alkanes) is 1. The monoisotopic (exact) mass is 434 g/mol. The maximum absolute atomic E-state index is 12.4. The molecule has 1 heterocycles. The van der Waals surface area contributed by atoms with Gasteiger partial charge in [0.2, 0.25) is 0 Å². The van der Waals surface area contributed by atoms with E-state index in [1.807, 2.05) is 50.2 Å². The van der Waals surface area contributed by atoms with Gasteiger partial charge >= 0.3 is 5.97 Å². The van der Waals surface area contributed by atoms with Crippen molar-refractivity contribution in [1.29, 1.82) is 0 Å². The third kappa shape index (κ3) is 10.1. The molecule has 7 heteroatoms. The molecule has 0 saturated heterocycles. The maximum atomic E-state index is 12.4. The van der Waals surface area contributed by atoms with Crippen LogP contribution in [0.2, 0.25) is 0 Å². The van der Waals surface area contributed by atoms with Crippen molar-refractivity contribution in [2.45, 2.75) is 51.5 Å². The van der Waals surface area contributed by atoms with E-state index in [0.29, 0.717) is 18.4 Å². The van der Waals surface area contributed by atoms with Crippen LogP contribution in [0.4, 0.5) is 0 Å². The molecule has 0 radical (unpaired) electrons. The maximum Gasteiger partial charge on any atom is 0.316 e. The van der Waals surface area contributed by atoms with Gasteiger partial charge in [-0.3, -0.25) is 4.79 Å². The zero-order valence-corrected chi connectivity index (χ0v) is 19.1. The number of thioether (sulfide) groups is 2. The van der Waals surface area contributed by atoms with Gasteiger partial charge in [0.1, 0.15) is 6.10 Å². The Morgan fingerprint density at radius 2 is 1.86 bits per heavy atom. The molecule has 0 fully saturated rings. The summed E-state index contributed by atoms with van der Waals surface area (Å²) in [5.74, 6) is 1.74. The summed E-state index contributed by atoms with van der Waals surface area (Å²) in [5, 5.41) is 0.605. The lowest BCUT2D eigenvalue weighted by molar-refractivity contribution is -0.147. The first-order chi connectivity index (χ1) is 14.1. The van der Waals surface area contributed by atoms with E-state index in [1.54, 1.807) is 11.8 Å². The third-order valence-corrected chi connectivity index (χ3v) is 5.95. The van der Waals surface area contributed by atoms with Gasteiger partial charge in [-0.1, -0.05) is 55.4 Å². The number of benzene rings is 1. The Morgan fingerprint density at radius 1 is 1.14 bits per heavy atom. The van der Waals surface area contributed by atoms with Crippen LogP contribution in [0.3, 0.4) is 0 Å². The number of carbonyl (C=O) groups is 1. The summed E-state index contributed by atoms with van der Waals surface area (Å²) in [6, 6.07) is 11.9. The van der Waals surface area contributed by atoms with Crippen LogP contribution in [0, 0.1) is 13.8 Å². The second-order valence-electron chi connectivity index (χ2n) is 6.76. The lowest BCUT2D eigenvalue weighted by Gasteiger charge is -2.18. The third-order valence-electron chi connectivity index (χ3n) is 3.94. The summed E-state index contributed by atoms with van der Waals surface area (Å²) in [4.78, 5) is 21.1. The van der Waals surface area contributed by atoms with Crippen molar-refractivity contribution in [3.8, 4) is 0 Å². The van der Waals surface area contributed by atoms with Crippen LogP contribution in [0.15, 0.2) is 41.6 Å². The molecule has 0 amide bonds. The Balaban J connectivity index is 1.81. The number of nitrogens with zero attached hydrogens (tertiary/aromatic N) is 2. The first-order valence-corrected chi connectivity index (χ1v) is 12.0. The van der Waals surface area contributed by atoms with Crippen LogP contribution in [0.5, 0.6) is 0 Å². The van der Waals surface area contributed by atoms with Crippen LogP contribution >= 0.6 is 23.5 Å². The van der Waals surface area contributed by atoms with Crippen molar-refractivity contribution in [2.24, 2.45) is 0 Å². The molecular formula is C22H30N2O3S2. The summed E-state index contributed by atoms with van der Waals surface area (Å²) in [6.45, 7) is 6.92. The van der Waals surface area contributed by atoms with Crippen LogP contribution in [-0.2, 0) is 20.9 Å². The van der Waals surface area contributed by atoms with Crippen LogP contribution in [0.25, 0.3) is 0 Å². The number of carbonyl (C=O) groups excluding carboxylic acids is 1. The molecule has 0 bridgehead atoms. The summed E-state index contributed by atoms with van der Waals surface area (Å²) in [6.07, 6.45) is 2.07. The lowest BCUT2D eigenvalue weighted by Crippen LogP contribution is -2.27. The minimum absolute atomic E-state index is 0.192. The molecular weight excluding hydrogens is 404 g/mol. The molecule has 1 aromatic carbocycles. The van der Waals surface area contributed by atoms with Gasteiger partial charge in [0.15, 0.2) is 5.16 Å². The second-order valence-corrected chi connectivity index (χ2v) is 8.86. The van der Waals surface area contributed by atoms with Crippen molar-refractivity contribution < 1.29 is 14.3 Å². The molecule has 0 aliphatic carbocycles. The SMILES string of the molecule is CCCCSCC(COCc1ccccc1)OC(=O)CSc1nc(C)cc(C)n1. The average molecular weight is 435 g/mol. The van der Waals surface area contributed by atoms with Gasteiger partial charge in [-0.2, -0.15) is 11.8 Å². The van der Waals surface area contributed by atoms with E-state index in [2.05, 4.69) is 16.9 Å². The van der Waals surface area contributed by atoms with E-state index < -0.39 is 0 Å². The number of hydrogen-bond acceptors (Lipinski definition) is 7. The van der Waals surface area contributed by atoms with E-state index in [1.165, 1.54) is 11.8 Å². The van der Waals surface area contributed by atoms with E-state index in [-0.39, 0.29) is 17.8 Å². The normalized spacial score (nSPS) is 12.0. The second kappa shape index (κ2) is 13.6. The van der Waals surface area contributed by atoms with E-state index in [4.69, 9.17) is 9.47 Å². The summed E-state index contributed by atoms with van der Waals surface area (Å²) in [5.41, 5.74) is 2.90. The molecule has 0 aliphatic rings. The largest absolute Gasteiger partial charge is 0.458 e. The van der Waals surface area contributed by atoms with Gasteiger partial charge < -0.3 is 9.47 Å². The Bertz CT molecular complexity index is 724. The number of hydrogen-bond donors (Lipinski definition) is 0. The van der Waals surface area contributed by atoms with Gasteiger partial charge in [-0.15, -0.1) is 0 Å². The zero-order valence-electron chi connectivity index (χ0n) is 17.4. The Labute approximate surface area is 182 Å². The predicted octanol–water partition coefficient (Wildman–Crippen LogP) is 4.85. The molecule has 5 nitrogen and oxygen atoms in total. The molecule has 1 aromatic heterocycles. The number of ether oxygens (including phenoxy) is 2. The standard InChI is InChI=1S/C22H30N2O3S2/c1-4-5-11-28-15-20(14-26-13-19-9-7-6-8-10-19)27-21(25)16-29-22-23-17(2)12-18(3)24-22/h6-10,12,20H,4-5,11,13-16H2,1-3H3. The molecule has 0 spiro atoms. The van der Waals surface area contributed by atoms with E-state index >= 15 is 0 Å². The highest BCUT2D eigenvalue weighted by atomic mass is 32.2. The van der Waals surface area contributed by atoms with Crippen LogP contribution in [0.1, 0.15) is 36.7 Å². The van der Waals surface area contributed by atoms with Crippen LogP contribution < -0.4 is 0 Å². The molecule has 29 heavy (non-hydrogen) atoms. The molecule has 2 aromatic rings. The highest BCUT2D eigenvalue weighted by Crippen LogP contribution is 2.16. The van der Waals surface area contributed by atoms with E-state index in [9.17, 15) is 4.79 Å². The summed E-state index contributed by atoms with van der Waals surface area (Å²) >= 11 is 3.11. The van der Waals surface area contributed by atoms with Crippen molar-refractivity contribution in [3.05, 3.63) is 53.3 Å². The average Bonchev–Trinajstić information content (AvgIpc) is 2.69. The highest BCUT2D eigenvalue weighted by Gasteiger charge is 2.16. The Morgan fingerprint density at radius 3 is 2.55 bits per heavy atom. The van der Waals surface area contributed by atoms with Gasteiger partial charge in [0.25, 0.3) is 0 Å². The first-order valence-electron chi connectivity index (χ1n) is 9.90. The number of aromatic nitrogens is 2. The van der Waals surface area contributed by atoms with Gasteiger partial charge in [-0.25, -0.2) is 9.97 Å². The van der Waals surface area contributed by atoms with Crippen molar-refractivity contribution >= 4 is 29.5 Å². The smallest absolute Gasteiger partial charge is 0.316 e. The molecule has 0 N–H and O–H groups in total. The minimum atomic E-state index is -0.262. The predicted molar refractivity (Wildman–Crippen MR) is 120 cm³/mol. The van der Waals surface area contributed by atoms with Crippen molar-refractivity contribution in [2.75, 3.05) is 23.9 Å². The number of aryl methyl sites for hydroxylation is 2. The van der Waals surface area contributed by atoms with Crippen molar-refractivity contribution in [1.82, 2.24) is 9.97 Å². The molecule has 1 unspecified atom stereocenters. The number of esters is 1. The quantitative estimate of drug-likeness (QED) is 0.193. The summed E-state index contributed by atoms with van der Waals surface area (Å²) in [7, 11) is 0. The Hall–Kier alpha value is -1.57. The molecule has 0 aliphatic heterocycles. The number of rotatable bonds is 13. The Kier molecular flexibility index (Phi) is 11.1. The minimum Gasteiger partial charge on any atom is -0.458 e. The fourth-order valence-electron chi connectivity index (χ4n) is 2.56.